The van der Waals surface area contributed by atoms with E-state index in [1.807, 2.05) is 24.3 Å². The summed E-state index contributed by atoms with van der Waals surface area (Å²) in [5.74, 6) is 0.426. The van der Waals surface area contributed by atoms with Crippen molar-refractivity contribution in [2.45, 2.75) is 30.8 Å². The van der Waals surface area contributed by atoms with Crippen molar-refractivity contribution >= 4 is 40.7 Å². The van der Waals surface area contributed by atoms with Crippen molar-refractivity contribution in [3.05, 3.63) is 57.6 Å². The number of anilines is 1. The van der Waals surface area contributed by atoms with E-state index < -0.39 is 5.54 Å². The van der Waals surface area contributed by atoms with Crippen LogP contribution >= 0.6 is 23.2 Å². The number of carbonyl (C=O) groups excluding carboxylic acids is 2. The summed E-state index contributed by atoms with van der Waals surface area (Å²) in [5.41, 5.74) is 0.885. The lowest BCUT2D eigenvalue weighted by Crippen LogP contribution is -2.54. The maximum Gasteiger partial charge on any atom is 0.254 e. The molecule has 2 aliphatic rings. The van der Waals surface area contributed by atoms with Crippen LogP contribution in [-0.2, 0) is 15.1 Å². The fraction of sp³-hybridized carbons (Fsp3) is 0.391. The molecule has 31 heavy (non-hydrogen) atoms. The Morgan fingerprint density at radius 3 is 2.65 bits per heavy atom. The summed E-state index contributed by atoms with van der Waals surface area (Å²) in [6, 6.07) is 10.8. The number of para-hydroxylation sites is 1. The monoisotopic (exact) mass is 461 g/mol. The van der Waals surface area contributed by atoms with Crippen LogP contribution in [0.2, 0.25) is 10.0 Å². The van der Waals surface area contributed by atoms with Gasteiger partial charge in [0.2, 0.25) is 5.91 Å². The first-order valence-electron chi connectivity index (χ1n) is 10.2. The topological polar surface area (TPSA) is 61.9 Å². The summed E-state index contributed by atoms with van der Waals surface area (Å²) < 4.78 is 5.67. The molecule has 1 unspecified atom stereocenters. The SMILES string of the molecule is COc1ccccc1C1(N2CCC[C@H]2CC(=O)N(C)C)C(=O)Nc2cc(Cl)c(Cl)cc21. The van der Waals surface area contributed by atoms with Crippen LogP contribution in [0.1, 0.15) is 30.4 Å². The summed E-state index contributed by atoms with van der Waals surface area (Å²) >= 11 is 12.7. The summed E-state index contributed by atoms with van der Waals surface area (Å²) in [7, 11) is 5.08. The molecule has 164 valence electrons. The fourth-order valence-electron chi connectivity index (χ4n) is 4.81. The second kappa shape index (κ2) is 8.34. The van der Waals surface area contributed by atoms with Gasteiger partial charge in [-0.25, -0.2) is 0 Å². The highest BCUT2D eigenvalue weighted by Crippen LogP contribution is 2.52. The molecule has 0 saturated carbocycles. The molecule has 0 spiro atoms. The van der Waals surface area contributed by atoms with E-state index in [1.165, 1.54) is 0 Å². The predicted molar refractivity (Wildman–Crippen MR) is 122 cm³/mol. The zero-order valence-electron chi connectivity index (χ0n) is 17.7. The number of hydrogen-bond acceptors (Lipinski definition) is 4. The van der Waals surface area contributed by atoms with Gasteiger partial charge >= 0.3 is 0 Å². The van der Waals surface area contributed by atoms with Gasteiger partial charge in [0, 0.05) is 49.9 Å². The summed E-state index contributed by atoms with van der Waals surface area (Å²) in [6.07, 6.45) is 2.03. The van der Waals surface area contributed by atoms with E-state index in [-0.39, 0.29) is 17.9 Å². The third kappa shape index (κ3) is 3.47. The molecule has 2 aliphatic heterocycles. The smallest absolute Gasteiger partial charge is 0.254 e. The Kier molecular flexibility index (Phi) is 5.90. The van der Waals surface area contributed by atoms with Gasteiger partial charge in [-0.15, -0.1) is 0 Å². The normalized spacial score (nSPS) is 22.9. The zero-order chi connectivity index (χ0) is 22.3. The van der Waals surface area contributed by atoms with Crippen LogP contribution in [0, 0.1) is 0 Å². The van der Waals surface area contributed by atoms with E-state index >= 15 is 0 Å². The lowest BCUT2D eigenvalue weighted by Gasteiger charge is -2.42. The fourth-order valence-corrected chi connectivity index (χ4v) is 5.14. The van der Waals surface area contributed by atoms with E-state index in [0.717, 1.165) is 24.0 Å². The van der Waals surface area contributed by atoms with Crippen molar-refractivity contribution in [2.75, 3.05) is 33.1 Å². The number of nitrogens with one attached hydrogen (secondary N) is 1. The van der Waals surface area contributed by atoms with Crippen LogP contribution in [0.5, 0.6) is 5.75 Å². The second-order valence-corrected chi connectivity index (χ2v) is 8.97. The average molecular weight is 462 g/mol. The Morgan fingerprint density at radius 1 is 1.23 bits per heavy atom. The maximum atomic E-state index is 13.8. The van der Waals surface area contributed by atoms with Gasteiger partial charge < -0.3 is 15.0 Å². The van der Waals surface area contributed by atoms with Crippen molar-refractivity contribution < 1.29 is 14.3 Å². The number of nitrogens with zero attached hydrogens (tertiary/aromatic N) is 2. The molecule has 1 saturated heterocycles. The maximum absolute atomic E-state index is 13.8. The van der Waals surface area contributed by atoms with Crippen LogP contribution < -0.4 is 10.1 Å². The third-order valence-electron chi connectivity index (χ3n) is 6.24. The number of hydrogen-bond donors (Lipinski definition) is 1. The number of rotatable bonds is 5. The van der Waals surface area contributed by atoms with E-state index in [0.29, 0.717) is 34.4 Å². The first-order chi connectivity index (χ1) is 14.8. The number of ether oxygens (including phenoxy) is 1. The third-order valence-corrected chi connectivity index (χ3v) is 6.96. The molecular formula is C23H25Cl2N3O3. The molecule has 4 rings (SSSR count). The first kappa shape index (κ1) is 21.9. The minimum Gasteiger partial charge on any atom is -0.496 e. The number of likely N-dealkylation sites (tertiary alicyclic amines) is 1. The highest BCUT2D eigenvalue weighted by molar-refractivity contribution is 6.42. The Labute approximate surface area is 192 Å². The number of halogens is 2. The molecule has 2 heterocycles. The molecule has 2 amide bonds. The van der Waals surface area contributed by atoms with Crippen molar-refractivity contribution in [3.63, 3.8) is 0 Å². The van der Waals surface area contributed by atoms with Gasteiger partial charge in [0.15, 0.2) is 5.54 Å². The molecule has 0 aromatic heterocycles. The number of benzene rings is 2. The zero-order valence-corrected chi connectivity index (χ0v) is 19.3. The van der Waals surface area contributed by atoms with Crippen molar-refractivity contribution in [1.82, 2.24) is 9.80 Å². The van der Waals surface area contributed by atoms with Gasteiger partial charge in [0.05, 0.1) is 17.2 Å². The molecule has 2 aromatic carbocycles. The molecule has 8 heteroatoms. The summed E-state index contributed by atoms with van der Waals surface area (Å²) in [4.78, 5) is 30.1. The minimum atomic E-state index is -1.18. The standard InChI is InChI=1S/C23H25Cl2N3O3/c1-27(2)21(29)11-14-7-6-10-28(14)23(15-8-4-5-9-20(15)31-3)16-12-17(24)18(25)13-19(16)26-22(23)30/h4-5,8-9,12-14H,6-7,10-11H2,1-3H3,(H,26,30)/t14-,23?/m0/s1. The van der Waals surface area contributed by atoms with Crippen LogP contribution in [0.15, 0.2) is 36.4 Å². The first-order valence-corrected chi connectivity index (χ1v) is 11.0. The lowest BCUT2D eigenvalue weighted by molar-refractivity contribution is -0.132. The van der Waals surface area contributed by atoms with Gasteiger partial charge in [-0.3, -0.25) is 14.5 Å². The lowest BCUT2D eigenvalue weighted by atomic mass is 9.80. The Bertz CT molecular complexity index is 1040. The molecule has 1 N–H and O–H groups in total. The summed E-state index contributed by atoms with van der Waals surface area (Å²) in [5, 5.41) is 3.75. The highest BCUT2D eigenvalue weighted by Gasteiger charge is 2.57. The molecule has 2 atom stereocenters. The van der Waals surface area contributed by atoms with Gasteiger partial charge in [-0.1, -0.05) is 41.4 Å². The van der Waals surface area contributed by atoms with Gasteiger partial charge in [0.25, 0.3) is 5.91 Å². The van der Waals surface area contributed by atoms with Gasteiger partial charge in [-0.05, 0) is 31.0 Å². The molecule has 0 aliphatic carbocycles. The number of amides is 2. The van der Waals surface area contributed by atoms with Crippen LogP contribution in [0.25, 0.3) is 0 Å². The minimum absolute atomic E-state index is 0.0276. The van der Waals surface area contributed by atoms with Gasteiger partial charge in [0.1, 0.15) is 5.75 Å². The van der Waals surface area contributed by atoms with Crippen LogP contribution in [0.4, 0.5) is 5.69 Å². The molecule has 6 nitrogen and oxygen atoms in total. The number of methoxy groups -OCH3 is 1. The summed E-state index contributed by atoms with van der Waals surface area (Å²) in [6.45, 7) is 0.663. The van der Waals surface area contributed by atoms with E-state index in [2.05, 4.69) is 10.2 Å². The van der Waals surface area contributed by atoms with E-state index in [4.69, 9.17) is 27.9 Å². The molecule has 2 aromatic rings. The molecular weight excluding hydrogens is 437 g/mol. The van der Waals surface area contributed by atoms with Crippen molar-refractivity contribution in [2.24, 2.45) is 0 Å². The van der Waals surface area contributed by atoms with Crippen LogP contribution in [-0.4, -0.2) is 55.4 Å². The largest absolute Gasteiger partial charge is 0.496 e. The Balaban J connectivity index is 1.96. The molecule has 0 radical (unpaired) electrons. The average Bonchev–Trinajstić information content (AvgIpc) is 3.30. The van der Waals surface area contributed by atoms with Gasteiger partial charge in [-0.2, -0.15) is 0 Å². The second-order valence-electron chi connectivity index (χ2n) is 8.16. The van der Waals surface area contributed by atoms with E-state index in [9.17, 15) is 9.59 Å². The molecule has 1 fully saturated rings. The number of carbonyl (C=O) groups is 2. The predicted octanol–water partition coefficient (Wildman–Crippen LogP) is 4.14. The molecule has 0 bridgehead atoms. The highest BCUT2D eigenvalue weighted by atomic mass is 35.5. The van der Waals surface area contributed by atoms with Crippen LogP contribution in [0.3, 0.4) is 0 Å². The van der Waals surface area contributed by atoms with Crippen molar-refractivity contribution in [1.29, 1.82) is 0 Å². The Hall–Kier alpha value is -2.28. The Morgan fingerprint density at radius 2 is 1.94 bits per heavy atom. The quantitative estimate of drug-likeness (QED) is 0.726. The number of fused-ring (bicyclic) bond motifs is 1. The van der Waals surface area contributed by atoms with E-state index in [1.54, 1.807) is 38.2 Å². The van der Waals surface area contributed by atoms with Crippen molar-refractivity contribution in [3.8, 4) is 5.75 Å².